The fourth-order valence-electron chi connectivity index (χ4n) is 1.97. The van der Waals surface area contributed by atoms with Crippen molar-refractivity contribution in [2.45, 2.75) is 41.5 Å². The second-order valence-corrected chi connectivity index (χ2v) is 5.41. The van der Waals surface area contributed by atoms with Crippen LogP contribution in [0, 0.1) is 18.4 Å². The molecule has 4 heteroatoms. The maximum absolute atomic E-state index is 8.92. The molecule has 0 saturated heterocycles. The van der Waals surface area contributed by atoms with Crippen LogP contribution in [0.5, 0.6) is 5.75 Å². The summed E-state index contributed by atoms with van der Waals surface area (Å²) in [5.41, 5.74) is 5.32. The molecule has 1 N–H and O–H groups in total. The Labute approximate surface area is 156 Å². The summed E-state index contributed by atoms with van der Waals surface area (Å²) < 4.78 is 0. The molecular formula is C17H23Cl2OTi. The fraction of sp³-hybridized carbons (Fsp3) is 0.412. The zero-order chi connectivity index (χ0) is 13.9. The van der Waals surface area contributed by atoms with Gasteiger partial charge in [-0.25, -0.2) is 5.57 Å². The van der Waals surface area contributed by atoms with Crippen LogP contribution < -0.4 is 24.8 Å². The Bertz CT molecular complexity index is 484. The van der Waals surface area contributed by atoms with E-state index >= 15 is 0 Å². The number of aryl methyl sites for hydroxylation is 1. The van der Waals surface area contributed by atoms with E-state index in [0.717, 1.165) is 5.56 Å². The van der Waals surface area contributed by atoms with Crippen LogP contribution in [-0.4, -0.2) is 5.11 Å². The van der Waals surface area contributed by atoms with Gasteiger partial charge in [0.2, 0.25) is 0 Å². The third-order valence-corrected chi connectivity index (χ3v) is 3.68. The summed E-state index contributed by atoms with van der Waals surface area (Å²) in [4.78, 5) is 0. The van der Waals surface area contributed by atoms with Gasteiger partial charge in [0.25, 0.3) is 0 Å². The molecule has 0 aromatic heterocycles. The number of allylic oxidation sites excluding steroid dienone is 4. The zero-order valence-corrected chi connectivity index (χ0v) is 16.6. The van der Waals surface area contributed by atoms with Crippen molar-refractivity contribution in [1.29, 1.82) is 0 Å². The molecule has 1 aliphatic carbocycles. The maximum atomic E-state index is 8.92. The van der Waals surface area contributed by atoms with Crippen molar-refractivity contribution < 1.29 is 51.6 Å². The van der Waals surface area contributed by atoms with Crippen molar-refractivity contribution in [3.05, 3.63) is 52.6 Å². The third kappa shape index (κ3) is 7.06. The van der Waals surface area contributed by atoms with Gasteiger partial charge < -0.3 is 29.9 Å². The molecule has 0 amide bonds. The molecule has 1 aromatic carbocycles. The van der Waals surface area contributed by atoms with Crippen molar-refractivity contribution in [1.82, 2.24) is 0 Å². The van der Waals surface area contributed by atoms with Crippen LogP contribution in [0.2, 0.25) is 0 Å². The van der Waals surface area contributed by atoms with E-state index in [1.165, 1.54) is 16.7 Å². The van der Waals surface area contributed by atoms with Crippen LogP contribution in [0.3, 0.4) is 0 Å². The summed E-state index contributed by atoms with van der Waals surface area (Å²) in [6.07, 6.45) is 3.44. The van der Waals surface area contributed by atoms with Gasteiger partial charge in [0.05, 0.1) is 0 Å². The molecule has 0 fully saturated rings. The van der Waals surface area contributed by atoms with E-state index in [4.69, 9.17) is 5.11 Å². The SMILES string of the molecule is CC1=[C-]C(C)(C)C(C)=C1C.Cc1ccccc1O.[Cl-].[Cl-].[Ti+3]. The van der Waals surface area contributed by atoms with Crippen molar-refractivity contribution in [3.8, 4) is 5.75 Å². The average molecular weight is 362 g/mol. The van der Waals surface area contributed by atoms with E-state index in [1.54, 1.807) is 6.07 Å². The van der Waals surface area contributed by atoms with Gasteiger partial charge in [-0.05, 0) is 18.6 Å². The second-order valence-electron chi connectivity index (χ2n) is 5.41. The van der Waals surface area contributed by atoms with Crippen molar-refractivity contribution in [2.75, 3.05) is 0 Å². The smallest absolute Gasteiger partial charge is 1.00 e. The average Bonchev–Trinajstić information content (AvgIpc) is 2.47. The first-order valence-electron chi connectivity index (χ1n) is 6.30. The molecular weight excluding hydrogens is 339 g/mol. The van der Waals surface area contributed by atoms with E-state index in [1.807, 2.05) is 25.1 Å². The molecule has 1 radical (unpaired) electrons. The van der Waals surface area contributed by atoms with Gasteiger partial charge in [-0.2, -0.15) is 11.1 Å². The maximum Gasteiger partial charge on any atom is 3.00 e. The number of phenols is 1. The van der Waals surface area contributed by atoms with Crippen LogP contribution in [0.15, 0.2) is 41.0 Å². The normalized spacial score (nSPS) is 14.7. The Kier molecular flexibility index (Phi) is 12.9. The minimum Gasteiger partial charge on any atom is -1.00 e. The Hall–Kier alpha value is -0.206. The molecule has 0 saturated carbocycles. The fourth-order valence-corrected chi connectivity index (χ4v) is 1.97. The van der Waals surface area contributed by atoms with Gasteiger partial charge in [0, 0.05) is 0 Å². The van der Waals surface area contributed by atoms with Gasteiger partial charge in [-0.1, -0.05) is 51.3 Å². The molecule has 21 heavy (non-hydrogen) atoms. The van der Waals surface area contributed by atoms with Crippen molar-refractivity contribution in [2.24, 2.45) is 5.41 Å². The topological polar surface area (TPSA) is 20.2 Å². The monoisotopic (exact) mass is 361 g/mol. The molecule has 0 atom stereocenters. The van der Waals surface area contributed by atoms with E-state index < -0.39 is 0 Å². The predicted octanol–water partition coefficient (Wildman–Crippen LogP) is -1.18. The van der Waals surface area contributed by atoms with E-state index in [-0.39, 0.29) is 51.9 Å². The quantitative estimate of drug-likeness (QED) is 0.455. The third-order valence-electron chi connectivity index (χ3n) is 3.68. The predicted molar refractivity (Wildman–Crippen MR) is 77.4 cm³/mol. The summed E-state index contributed by atoms with van der Waals surface area (Å²) in [5.74, 6) is 0.368. The number of aromatic hydroxyl groups is 1. The van der Waals surface area contributed by atoms with Crippen LogP contribution in [-0.2, 0) is 21.7 Å². The van der Waals surface area contributed by atoms with Crippen LogP contribution in [0.1, 0.15) is 40.2 Å². The number of para-hydroxylation sites is 1. The number of benzene rings is 1. The Morgan fingerprint density at radius 3 is 1.62 bits per heavy atom. The largest absolute Gasteiger partial charge is 3.00 e. The first-order valence-corrected chi connectivity index (χ1v) is 6.30. The first-order chi connectivity index (χ1) is 8.25. The van der Waals surface area contributed by atoms with Gasteiger partial charge in [-0.15, -0.1) is 6.92 Å². The van der Waals surface area contributed by atoms with Gasteiger partial charge in [0.15, 0.2) is 0 Å². The first kappa shape index (κ1) is 25.7. The molecule has 1 aliphatic rings. The number of halogens is 2. The van der Waals surface area contributed by atoms with Gasteiger partial charge in [0.1, 0.15) is 5.75 Å². The minimum atomic E-state index is 0. The number of hydrogen-bond acceptors (Lipinski definition) is 1. The molecule has 0 aliphatic heterocycles. The Balaban J connectivity index is -0.000000274. The van der Waals surface area contributed by atoms with E-state index in [0.29, 0.717) is 5.75 Å². The number of rotatable bonds is 0. The second kappa shape index (κ2) is 10.5. The Morgan fingerprint density at radius 2 is 1.43 bits per heavy atom. The van der Waals surface area contributed by atoms with E-state index in [2.05, 4.69) is 40.7 Å². The summed E-state index contributed by atoms with van der Waals surface area (Å²) in [6.45, 7) is 12.8. The molecule has 0 heterocycles. The molecule has 0 spiro atoms. The van der Waals surface area contributed by atoms with E-state index in [9.17, 15) is 0 Å². The summed E-state index contributed by atoms with van der Waals surface area (Å²) in [7, 11) is 0. The molecule has 0 unspecified atom stereocenters. The van der Waals surface area contributed by atoms with Crippen molar-refractivity contribution in [3.63, 3.8) is 0 Å². The standard InChI is InChI=1S/C10H15.C7H8O.2ClH.Ti/c1-7-6-10(4,5)9(3)8(7)2;1-6-4-2-3-5-7(6)8;;;/h1-5H3;2-5,8H,1H3;2*1H;/q-1;;;;+3/p-2. The summed E-state index contributed by atoms with van der Waals surface area (Å²) in [6, 6.07) is 7.25. The molecule has 1 aromatic rings. The molecule has 2 rings (SSSR count). The molecule has 0 bridgehead atoms. The van der Waals surface area contributed by atoms with Crippen LogP contribution in [0.4, 0.5) is 0 Å². The zero-order valence-electron chi connectivity index (χ0n) is 13.5. The number of hydrogen-bond donors (Lipinski definition) is 1. The Morgan fingerprint density at radius 1 is 0.952 bits per heavy atom. The van der Waals surface area contributed by atoms with Gasteiger partial charge >= 0.3 is 21.7 Å². The molecule has 1 nitrogen and oxygen atoms in total. The number of phenolic OH excluding ortho intramolecular Hbond substituents is 1. The van der Waals surface area contributed by atoms with Crippen molar-refractivity contribution >= 4 is 0 Å². The minimum absolute atomic E-state index is 0. The summed E-state index contributed by atoms with van der Waals surface area (Å²) >= 11 is 0. The van der Waals surface area contributed by atoms with Gasteiger partial charge in [-0.3, -0.25) is 6.08 Å². The van der Waals surface area contributed by atoms with Crippen LogP contribution in [0.25, 0.3) is 0 Å². The van der Waals surface area contributed by atoms with Crippen LogP contribution >= 0.6 is 0 Å². The summed E-state index contributed by atoms with van der Waals surface area (Å²) in [5, 5.41) is 8.92. The molecule has 115 valence electrons.